The highest BCUT2D eigenvalue weighted by molar-refractivity contribution is 9.10. The Labute approximate surface area is 153 Å². The summed E-state index contributed by atoms with van der Waals surface area (Å²) < 4.78 is 31.4. The summed E-state index contributed by atoms with van der Waals surface area (Å²) in [6, 6.07) is 6.71. The summed E-state index contributed by atoms with van der Waals surface area (Å²) in [7, 11) is -3.43. The molecule has 0 fully saturated rings. The number of ether oxygens (including phenoxy) is 1. The zero-order valence-electron chi connectivity index (χ0n) is 14.7. The fraction of sp³-hybridized carbons (Fsp3) is 0.588. The molecule has 2 unspecified atom stereocenters. The van der Waals surface area contributed by atoms with Crippen LogP contribution in [0.4, 0.5) is 4.79 Å². The van der Waals surface area contributed by atoms with Crippen LogP contribution in [-0.2, 0) is 14.6 Å². The van der Waals surface area contributed by atoms with Crippen molar-refractivity contribution in [1.82, 2.24) is 5.32 Å². The third-order valence-electron chi connectivity index (χ3n) is 3.74. The first-order chi connectivity index (χ1) is 11.0. The van der Waals surface area contributed by atoms with Crippen LogP contribution < -0.4 is 5.32 Å². The van der Waals surface area contributed by atoms with Gasteiger partial charge in [-0.15, -0.1) is 0 Å². The van der Waals surface area contributed by atoms with E-state index in [1.807, 2.05) is 26.0 Å². The number of rotatable bonds is 7. The standard InChI is InChI=1S/C17H26BrNO4S/c1-11(2)16(19-17(20)23-12(3)4)10-24(21,22)13(5)14-6-8-15(18)9-7-14/h6-9,11-13,16H,10H2,1-5H3,(H,19,20). The number of benzene rings is 1. The van der Waals surface area contributed by atoms with Gasteiger partial charge in [0.15, 0.2) is 9.84 Å². The Morgan fingerprint density at radius 2 is 1.67 bits per heavy atom. The second-order valence-corrected chi connectivity index (χ2v) is 9.75. The van der Waals surface area contributed by atoms with Gasteiger partial charge in [-0.2, -0.15) is 0 Å². The van der Waals surface area contributed by atoms with Crippen molar-refractivity contribution in [3.63, 3.8) is 0 Å². The lowest BCUT2D eigenvalue weighted by Crippen LogP contribution is -2.44. The lowest BCUT2D eigenvalue weighted by atomic mass is 10.1. The summed E-state index contributed by atoms with van der Waals surface area (Å²) in [6.45, 7) is 8.91. The molecular formula is C17H26BrNO4S. The first-order valence-electron chi connectivity index (χ1n) is 7.97. The zero-order valence-corrected chi connectivity index (χ0v) is 17.1. The summed E-state index contributed by atoms with van der Waals surface area (Å²) in [5, 5.41) is 2.03. The third kappa shape index (κ3) is 6.43. The van der Waals surface area contributed by atoms with Gasteiger partial charge in [0.1, 0.15) is 0 Å². The molecule has 0 aliphatic carbocycles. The maximum Gasteiger partial charge on any atom is 0.407 e. The Kier molecular flexibility index (Phi) is 7.73. The average Bonchev–Trinajstić information content (AvgIpc) is 2.45. The summed E-state index contributed by atoms with van der Waals surface area (Å²) in [6.07, 6.45) is -0.841. The average molecular weight is 420 g/mol. The summed E-state index contributed by atoms with van der Waals surface area (Å²) in [5.41, 5.74) is 0.727. The second kappa shape index (κ2) is 8.85. The molecule has 1 N–H and O–H groups in total. The number of nitrogens with one attached hydrogen (secondary N) is 1. The van der Waals surface area contributed by atoms with Crippen LogP contribution in [0.3, 0.4) is 0 Å². The lowest BCUT2D eigenvalue weighted by Gasteiger charge is -2.24. The minimum atomic E-state index is -3.43. The maximum absolute atomic E-state index is 12.7. The van der Waals surface area contributed by atoms with Crippen molar-refractivity contribution in [1.29, 1.82) is 0 Å². The molecule has 0 spiro atoms. The highest BCUT2D eigenvalue weighted by Crippen LogP contribution is 2.25. The van der Waals surface area contributed by atoms with E-state index in [2.05, 4.69) is 21.2 Å². The molecule has 1 amide bonds. The quantitative estimate of drug-likeness (QED) is 0.722. The van der Waals surface area contributed by atoms with Crippen molar-refractivity contribution in [2.45, 2.75) is 52.0 Å². The van der Waals surface area contributed by atoms with E-state index in [1.54, 1.807) is 32.9 Å². The second-order valence-electron chi connectivity index (χ2n) is 6.47. The van der Waals surface area contributed by atoms with Gasteiger partial charge in [0.05, 0.1) is 17.1 Å². The van der Waals surface area contributed by atoms with Gasteiger partial charge in [0.2, 0.25) is 0 Å². The van der Waals surface area contributed by atoms with E-state index >= 15 is 0 Å². The van der Waals surface area contributed by atoms with Crippen LogP contribution in [0.2, 0.25) is 0 Å². The number of halogens is 1. The van der Waals surface area contributed by atoms with Crippen molar-refractivity contribution in [2.24, 2.45) is 5.92 Å². The smallest absolute Gasteiger partial charge is 0.407 e. The van der Waals surface area contributed by atoms with Crippen LogP contribution in [0, 0.1) is 5.92 Å². The fourth-order valence-corrected chi connectivity index (χ4v) is 4.23. The molecule has 0 aromatic heterocycles. The highest BCUT2D eigenvalue weighted by atomic mass is 79.9. The highest BCUT2D eigenvalue weighted by Gasteiger charge is 2.29. The van der Waals surface area contributed by atoms with Crippen molar-refractivity contribution >= 4 is 31.9 Å². The van der Waals surface area contributed by atoms with Crippen LogP contribution in [0.15, 0.2) is 28.7 Å². The Morgan fingerprint density at radius 3 is 2.12 bits per heavy atom. The van der Waals surface area contributed by atoms with Gasteiger partial charge in [-0.1, -0.05) is 41.9 Å². The number of carbonyl (C=O) groups is 1. The molecule has 7 heteroatoms. The van der Waals surface area contributed by atoms with Gasteiger partial charge in [-0.05, 0) is 44.4 Å². The predicted octanol–water partition coefficient (Wildman–Crippen LogP) is 4.08. The molecule has 0 saturated carbocycles. The molecule has 0 saturated heterocycles. The molecule has 1 aromatic rings. The molecule has 0 bridgehead atoms. The minimum Gasteiger partial charge on any atom is -0.447 e. The summed E-state index contributed by atoms with van der Waals surface area (Å²) >= 11 is 3.34. The van der Waals surface area contributed by atoms with Gasteiger partial charge in [-0.25, -0.2) is 13.2 Å². The van der Waals surface area contributed by atoms with Crippen molar-refractivity contribution < 1.29 is 17.9 Å². The number of amides is 1. The number of carbonyl (C=O) groups excluding carboxylic acids is 1. The van der Waals surface area contributed by atoms with Crippen molar-refractivity contribution in [3.05, 3.63) is 34.3 Å². The van der Waals surface area contributed by atoms with Crippen LogP contribution in [0.5, 0.6) is 0 Å². The van der Waals surface area contributed by atoms with E-state index in [1.165, 1.54) is 0 Å². The summed E-state index contributed by atoms with van der Waals surface area (Å²) in [4.78, 5) is 11.8. The van der Waals surface area contributed by atoms with Gasteiger partial charge in [0, 0.05) is 10.5 Å². The summed E-state index contributed by atoms with van der Waals surface area (Å²) in [5.74, 6) is -0.161. The van der Waals surface area contributed by atoms with Gasteiger partial charge in [0.25, 0.3) is 0 Å². The molecule has 2 atom stereocenters. The molecule has 5 nitrogen and oxygen atoms in total. The molecular weight excluding hydrogens is 394 g/mol. The molecule has 136 valence electrons. The van der Waals surface area contributed by atoms with Crippen molar-refractivity contribution in [2.75, 3.05) is 5.75 Å². The predicted molar refractivity (Wildman–Crippen MR) is 99.7 cm³/mol. The van der Waals surface area contributed by atoms with Crippen LogP contribution in [-0.4, -0.2) is 32.4 Å². The number of hydrogen-bond acceptors (Lipinski definition) is 4. The van der Waals surface area contributed by atoms with Gasteiger partial charge < -0.3 is 10.1 Å². The van der Waals surface area contributed by atoms with Crippen LogP contribution in [0.1, 0.15) is 45.4 Å². The molecule has 0 aliphatic rings. The fourth-order valence-electron chi connectivity index (χ4n) is 2.14. The Balaban J connectivity index is 2.87. The largest absolute Gasteiger partial charge is 0.447 e. The van der Waals surface area contributed by atoms with E-state index in [-0.39, 0.29) is 17.8 Å². The van der Waals surface area contributed by atoms with E-state index in [0.717, 1.165) is 10.0 Å². The Bertz CT molecular complexity index is 641. The van der Waals surface area contributed by atoms with Crippen LogP contribution >= 0.6 is 15.9 Å². The SMILES string of the molecule is CC(C)OC(=O)NC(CS(=O)(=O)C(C)c1ccc(Br)cc1)C(C)C. The molecule has 0 radical (unpaired) electrons. The molecule has 0 heterocycles. The first kappa shape index (κ1) is 21.0. The van der Waals surface area contributed by atoms with E-state index in [4.69, 9.17) is 4.74 Å². The number of alkyl carbamates (subject to hydrolysis) is 1. The van der Waals surface area contributed by atoms with Crippen LogP contribution in [0.25, 0.3) is 0 Å². The minimum absolute atomic E-state index is 0.0309. The van der Waals surface area contributed by atoms with Gasteiger partial charge in [-0.3, -0.25) is 0 Å². The topological polar surface area (TPSA) is 72.5 Å². The number of hydrogen-bond donors (Lipinski definition) is 1. The zero-order chi connectivity index (χ0) is 18.5. The monoisotopic (exact) mass is 419 g/mol. The third-order valence-corrected chi connectivity index (χ3v) is 6.44. The molecule has 24 heavy (non-hydrogen) atoms. The number of sulfone groups is 1. The van der Waals surface area contributed by atoms with Crippen molar-refractivity contribution in [3.8, 4) is 0 Å². The lowest BCUT2D eigenvalue weighted by molar-refractivity contribution is 0.111. The molecule has 1 aromatic carbocycles. The Hall–Kier alpha value is -1.08. The first-order valence-corrected chi connectivity index (χ1v) is 10.5. The normalized spacial score (nSPS) is 14.5. The van der Waals surface area contributed by atoms with E-state index in [9.17, 15) is 13.2 Å². The Morgan fingerprint density at radius 1 is 1.12 bits per heavy atom. The van der Waals surface area contributed by atoms with E-state index in [0.29, 0.717) is 0 Å². The maximum atomic E-state index is 12.7. The molecule has 0 aliphatic heterocycles. The molecule has 1 rings (SSSR count). The van der Waals surface area contributed by atoms with Gasteiger partial charge >= 0.3 is 6.09 Å². The van der Waals surface area contributed by atoms with E-state index < -0.39 is 27.2 Å².